The van der Waals surface area contributed by atoms with Crippen LogP contribution in [-0.4, -0.2) is 23.4 Å². The summed E-state index contributed by atoms with van der Waals surface area (Å²) in [7, 11) is 1.70. The fraction of sp³-hybridized carbons (Fsp3) is 0.286. The highest BCUT2D eigenvalue weighted by Crippen LogP contribution is 2.32. The number of fused-ring (bicyclic) bond motifs is 1. The number of para-hydroxylation sites is 1. The second-order valence-corrected chi connectivity index (χ2v) is 7.47. The van der Waals surface area contributed by atoms with E-state index in [9.17, 15) is 0 Å². The minimum Gasteiger partial charge on any atom is -0.496 e. The second kappa shape index (κ2) is 7.83. The molecule has 1 aliphatic heterocycles. The molecule has 4 rings (SSSR count). The first-order chi connectivity index (χ1) is 13.2. The molecule has 3 aromatic rings. The molecule has 2 heterocycles. The van der Waals surface area contributed by atoms with Crippen LogP contribution in [0, 0.1) is 0 Å². The van der Waals surface area contributed by atoms with Crippen molar-refractivity contribution in [3.8, 4) is 11.4 Å². The highest BCUT2D eigenvalue weighted by atomic mass is 35.5. The van der Waals surface area contributed by atoms with Crippen LogP contribution < -0.4 is 10.1 Å². The van der Waals surface area contributed by atoms with Gasteiger partial charge in [-0.1, -0.05) is 41.4 Å². The Morgan fingerprint density at radius 2 is 1.96 bits per heavy atom. The van der Waals surface area contributed by atoms with Crippen molar-refractivity contribution in [2.45, 2.75) is 25.7 Å². The molecule has 0 bridgehead atoms. The van der Waals surface area contributed by atoms with Crippen molar-refractivity contribution in [1.82, 2.24) is 9.78 Å². The highest BCUT2D eigenvalue weighted by molar-refractivity contribution is 6.42. The van der Waals surface area contributed by atoms with Gasteiger partial charge in [0, 0.05) is 24.1 Å². The van der Waals surface area contributed by atoms with Crippen LogP contribution in [0.25, 0.3) is 5.69 Å². The second-order valence-electron chi connectivity index (χ2n) is 6.66. The predicted molar refractivity (Wildman–Crippen MR) is 111 cm³/mol. The summed E-state index contributed by atoms with van der Waals surface area (Å²) in [6.45, 7) is 0.939. The normalized spacial score (nSPS) is 13.6. The molecule has 4 nitrogen and oxygen atoms in total. The van der Waals surface area contributed by atoms with Crippen LogP contribution in [0.3, 0.4) is 0 Å². The van der Waals surface area contributed by atoms with Crippen LogP contribution in [0.5, 0.6) is 5.75 Å². The molecule has 140 valence electrons. The molecule has 1 aliphatic rings. The van der Waals surface area contributed by atoms with Gasteiger partial charge in [0.15, 0.2) is 0 Å². The van der Waals surface area contributed by atoms with E-state index in [0.717, 1.165) is 60.7 Å². The van der Waals surface area contributed by atoms with Crippen LogP contribution in [-0.2, 0) is 12.8 Å². The van der Waals surface area contributed by atoms with Gasteiger partial charge in [-0.05, 0) is 43.5 Å². The van der Waals surface area contributed by atoms with Gasteiger partial charge in [0.1, 0.15) is 11.6 Å². The first kappa shape index (κ1) is 18.2. The zero-order valence-corrected chi connectivity index (χ0v) is 16.6. The van der Waals surface area contributed by atoms with E-state index < -0.39 is 0 Å². The molecular weight excluding hydrogens is 381 g/mol. The van der Waals surface area contributed by atoms with Gasteiger partial charge >= 0.3 is 0 Å². The first-order valence-electron chi connectivity index (χ1n) is 9.09. The van der Waals surface area contributed by atoms with Gasteiger partial charge < -0.3 is 10.1 Å². The number of benzene rings is 2. The van der Waals surface area contributed by atoms with Gasteiger partial charge in [0.05, 0.1) is 28.5 Å². The topological polar surface area (TPSA) is 39.1 Å². The molecule has 0 amide bonds. The number of ether oxygens (including phenoxy) is 1. The molecule has 0 fully saturated rings. The lowest BCUT2D eigenvalue weighted by atomic mass is 10.0. The van der Waals surface area contributed by atoms with Crippen LogP contribution in [0.15, 0.2) is 42.5 Å². The van der Waals surface area contributed by atoms with Crippen LogP contribution in [0.1, 0.15) is 29.7 Å². The molecule has 0 aliphatic carbocycles. The molecule has 1 N–H and O–H groups in total. The number of rotatable bonds is 4. The summed E-state index contributed by atoms with van der Waals surface area (Å²) in [5, 5.41) is 9.56. The fourth-order valence-corrected chi connectivity index (χ4v) is 3.84. The maximum absolute atomic E-state index is 6.25. The number of anilines is 1. The summed E-state index contributed by atoms with van der Waals surface area (Å²) in [6, 6.07) is 13.7. The highest BCUT2D eigenvalue weighted by Gasteiger charge is 2.21. The lowest BCUT2D eigenvalue weighted by molar-refractivity contribution is 0.410. The van der Waals surface area contributed by atoms with Crippen molar-refractivity contribution in [2.75, 3.05) is 19.0 Å². The van der Waals surface area contributed by atoms with Crippen molar-refractivity contribution < 1.29 is 4.74 Å². The Labute approximate surface area is 169 Å². The summed E-state index contributed by atoms with van der Waals surface area (Å²) in [5.74, 6) is 1.94. The Balaban J connectivity index is 1.80. The summed E-state index contributed by atoms with van der Waals surface area (Å²) in [6.07, 6.45) is 4.02. The number of hydrogen-bond acceptors (Lipinski definition) is 3. The zero-order valence-electron chi connectivity index (χ0n) is 15.1. The van der Waals surface area contributed by atoms with Crippen LogP contribution in [0.4, 0.5) is 5.82 Å². The number of methoxy groups -OCH3 is 1. The quantitative estimate of drug-likeness (QED) is 0.624. The third kappa shape index (κ3) is 3.64. The van der Waals surface area contributed by atoms with E-state index >= 15 is 0 Å². The molecule has 27 heavy (non-hydrogen) atoms. The van der Waals surface area contributed by atoms with E-state index in [-0.39, 0.29) is 0 Å². The smallest absolute Gasteiger partial charge is 0.133 e. The van der Waals surface area contributed by atoms with E-state index in [1.54, 1.807) is 7.11 Å². The molecule has 6 heteroatoms. The Hall–Kier alpha value is -2.17. The summed E-state index contributed by atoms with van der Waals surface area (Å²) >= 11 is 12.3. The van der Waals surface area contributed by atoms with Crippen molar-refractivity contribution in [3.63, 3.8) is 0 Å². The molecule has 0 saturated heterocycles. The molecular formula is C21H21Cl2N3O. The van der Waals surface area contributed by atoms with Crippen molar-refractivity contribution in [2.24, 2.45) is 0 Å². The SMILES string of the molecule is COc1ccccc1Cc1nn(-c2ccc(Cl)c(Cl)c2)c2c1CCCCN2. The number of nitrogens with one attached hydrogen (secondary N) is 1. The molecule has 0 unspecified atom stereocenters. The Morgan fingerprint density at radius 3 is 2.78 bits per heavy atom. The van der Waals surface area contributed by atoms with E-state index in [0.29, 0.717) is 10.0 Å². The number of hydrogen-bond donors (Lipinski definition) is 1. The maximum Gasteiger partial charge on any atom is 0.133 e. The van der Waals surface area contributed by atoms with E-state index in [1.165, 1.54) is 5.56 Å². The van der Waals surface area contributed by atoms with Gasteiger partial charge in [-0.3, -0.25) is 0 Å². The Bertz CT molecular complexity index is 968. The van der Waals surface area contributed by atoms with Crippen molar-refractivity contribution in [1.29, 1.82) is 0 Å². The molecule has 2 aromatic carbocycles. The molecule has 0 radical (unpaired) electrons. The van der Waals surface area contributed by atoms with Crippen molar-refractivity contribution in [3.05, 3.63) is 69.3 Å². The van der Waals surface area contributed by atoms with Gasteiger partial charge in [-0.2, -0.15) is 5.10 Å². The van der Waals surface area contributed by atoms with Crippen molar-refractivity contribution >= 4 is 29.0 Å². The average Bonchev–Trinajstić information content (AvgIpc) is 2.86. The van der Waals surface area contributed by atoms with Crippen LogP contribution in [0.2, 0.25) is 10.0 Å². The van der Waals surface area contributed by atoms with Gasteiger partial charge in [0.2, 0.25) is 0 Å². The summed E-state index contributed by atoms with van der Waals surface area (Å²) in [4.78, 5) is 0. The lowest BCUT2D eigenvalue weighted by Gasteiger charge is -2.10. The fourth-order valence-electron chi connectivity index (χ4n) is 3.55. The minimum atomic E-state index is 0.526. The Kier molecular flexibility index (Phi) is 5.28. The first-order valence-corrected chi connectivity index (χ1v) is 9.85. The zero-order chi connectivity index (χ0) is 18.8. The third-order valence-corrected chi connectivity index (χ3v) is 5.65. The Morgan fingerprint density at radius 1 is 1.11 bits per heavy atom. The maximum atomic E-state index is 6.25. The van der Waals surface area contributed by atoms with E-state index in [2.05, 4.69) is 11.4 Å². The lowest BCUT2D eigenvalue weighted by Crippen LogP contribution is -2.07. The molecule has 0 saturated carbocycles. The largest absolute Gasteiger partial charge is 0.496 e. The van der Waals surface area contributed by atoms with Gasteiger partial charge in [-0.15, -0.1) is 0 Å². The van der Waals surface area contributed by atoms with Gasteiger partial charge in [0.25, 0.3) is 0 Å². The monoisotopic (exact) mass is 401 g/mol. The molecule has 0 spiro atoms. The minimum absolute atomic E-state index is 0.526. The summed E-state index contributed by atoms with van der Waals surface area (Å²) < 4.78 is 7.48. The number of nitrogens with zero attached hydrogens (tertiary/aromatic N) is 2. The number of halogens is 2. The third-order valence-electron chi connectivity index (χ3n) is 4.91. The summed E-state index contributed by atoms with van der Waals surface area (Å²) in [5.41, 5.74) is 4.37. The molecule has 0 atom stereocenters. The average molecular weight is 402 g/mol. The van der Waals surface area contributed by atoms with Gasteiger partial charge in [-0.25, -0.2) is 4.68 Å². The predicted octanol–water partition coefficient (Wildman–Crippen LogP) is 5.53. The molecule has 1 aromatic heterocycles. The van der Waals surface area contributed by atoms with Crippen LogP contribution >= 0.6 is 23.2 Å². The van der Waals surface area contributed by atoms with E-state index in [1.807, 2.05) is 41.1 Å². The standard InChI is InChI=1S/C21H21Cl2N3O/c1-27-20-8-3-2-6-14(20)12-19-16-7-4-5-11-24-21(16)26(25-19)15-9-10-17(22)18(23)13-15/h2-3,6,8-10,13,24H,4-5,7,11-12H2,1H3. The number of aromatic nitrogens is 2. The van der Waals surface area contributed by atoms with E-state index in [4.69, 9.17) is 33.0 Å².